The zero-order valence-electron chi connectivity index (χ0n) is 49.3. The topological polar surface area (TPSA) is 78.9 Å². The molecule has 0 aromatic carbocycles. The van der Waals surface area contributed by atoms with Crippen molar-refractivity contribution >= 4 is 17.9 Å². The van der Waals surface area contributed by atoms with E-state index in [1.807, 2.05) is 0 Å². The highest BCUT2D eigenvalue weighted by atomic mass is 16.6. The van der Waals surface area contributed by atoms with Crippen molar-refractivity contribution in [3.63, 3.8) is 0 Å². The lowest BCUT2D eigenvalue weighted by Crippen LogP contribution is -2.30. The van der Waals surface area contributed by atoms with Crippen LogP contribution in [0.5, 0.6) is 0 Å². The Balaban J connectivity index is 4.29. The molecule has 0 aliphatic heterocycles. The van der Waals surface area contributed by atoms with Gasteiger partial charge >= 0.3 is 17.9 Å². The molecule has 0 aliphatic rings. The van der Waals surface area contributed by atoms with E-state index in [-0.39, 0.29) is 31.1 Å². The van der Waals surface area contributed by atoms with Gasteiger partial charge in [0.2, 0.25) is 0 Å². The van der Waals surface area contributed by atoms with Gasteiger partial charge in [-0.25, -0.2) is 0 Å². The summed E-state index contributed by atoms with van der Waals surface area (Å²) >= 11 is 0. The molecule has 0 fully saturated rings. The largest absolute Gasteiger partial charge is 0.462 e. The van der Waals surface area contributed by atoms with Crippen LogP contribution in [0.4, 0.5) is 0 Å². The zero-order valence-corrected chi connectivity index (χ0v) is 49.3. The minimum absolute atomic E-state index is 0.0895. The van der Waals surface area contributed by atoms with Crippen LogP contribution in [0, 0.1) is 0 Å². The maximum Gasteiger partial charge on any atom is 0.306 e. The van der Waals surface area contributed by atoms with Gasteiger partial charge in [0, 0.05) is 19.3 Å². The molecular formula is C69H118O6. The van der Waals surface area contributed by atoms with E-state index in [9.17, 15) is 14.4 Å². The van der Waals surface area contributed by atoms with E-state index < -0.39 is 6.10 Å². The van der Waals surface area contributed by atoms with Gasteiger partial charge in [0.1, 0.15) is 13.2 Å². The molecule has 6 heteroatoms. The van der Waals surface area contributed by atoms with E-state index in [1.165, 1.54) is 122 Å². The van der Waals surface area contributed by atoms with Crippen LogP contribution in [0.3, 0.4) is 0 Å². The number of carbonyl (C=O) groups is 3. The molecule has 0 saturated heterocycles. The number of hydrogen-bond donors (Lipinski definition) is 0. The predicted octanol–water partition coefficient (Wildman–Crippen LogP) is 21.7. The van der Waals surface area contributed by atoms with Crippen LogP contribution in [0.15, 0.2) is 97.2 Å². The quantitative estimate of drug-likeness (QED) is 0.0261. The second kappa shape index (κ2) is 62.9. The second-order valence-electron chi connectivity index (χ2n) is 20.9. The molecule has 0 aliphatic carbocycles. The first-order valence-corrected chi connectivity index (χ1v) is 31.7. The second-order valence-corrected chi connectivity index (χ2v) is 20.9. The molecule has 0 saturated carbocycles. The molecule has 0 N–H and O–H groups in total. The first-order chi connectivity index (χ1) is 37.0. The van der Waals surface area contributed by atoms with Gasteiger partial charge in [-0.2, -0.15) is 0 Å². The molecule has 0 amide bonds. The SMILES string of the molecule is CC/C=C\C/C=C\C/C=C\CCCCCCCC(=O)OCC(COC(=O)CCCCCCCCCCCCCCCCC/C=C\C/C=C\CCCCCCC)OC(=O)CCCCCCC/C=C\C/C=C\C/C=C\CC. The Morgan fingerprint density at radius 3 is 0.813 bits per heavy atom. The fourth-order valence-corrected chi connectivity index (χ4v) is 8.86. The third kappa shape index (κ3) is 61.1. The Morgan fingerprint density at radius 2 is 0.520 bits per heavy atom. The summed E-state index contributed by atoms with van der Waals surface area (Å²) < 4.78 is 16.9. The summed E-state index contributed by atoms with van der Waals surface area (Å²) in [6, 6.07) is 0. The lowest BCUT2D eigenvalue weighted by atomic mass is 10.0. The van der Waals surface area contributed by atoms with Crippen LogP contribution in [0.2, 0.25) is 0 Å². The molecule has 0 spiro atoms. The Kier molecular flexibility index (Phi) is 59.8. The van der Waals surface area contributed by atoms with E-state index in [1.54, 1.807) is 0 Å². The van der Waals surface area contributed by atoms with Crippen LogP contribution in [-0.2, 0) is 28.6 Å². The molecule has 0 rings (SSSR count). The van der Waals surface area contributed by atoms with Crippen LogP contribution in [-0.4, -0.2) is 37.2 Å². The predicted molar refractivity (Wildman–Crippen MR) is 325 cm³/mol. The molecule has 0 bridgehead atoms. The van der Waals surface area contributed by atoms with Gasteiger partial charge in [-0.3, -0.25) is 14.4 Å². The highest BCUT2D eigenvalue weighted by Crippen LogP contribution is 2.16. The van der Waals surface area contributed by atoms with Crippen LogP contribution in [0.1, 0.15) is 303 Å². The van der Waals surface area contributed by atoms with E-state index in [0.717, 1.165) is 141 Å². The van der Waals surface area contributed by atoms with Gasteiger partial charge in [-0.05, 0) is 116 Å². The average Bonchev–Trinajstić information content (AvgIpc) is 3.41. The molecule has 0 aromatic heterocycles. The van der Waals surface area contributed by atoms with Crippen molar-refractivity contribution in [1.82, 2.24) is 0 Å². The Labute approximate surface area is 464 Å². The molecule has 430 valence electrons. The van der Waals surface area contributed by atoms with Crippen LogP contribution in [0.25, 0.3) is 0 Å². The molecule has 0 heterocycles. The number of unbranched alkanes of at least 4 members (excludes halogenated alkanes) is 30. The third-order valence-corrected chi connectivity index (χ3v) is 13.6. The fourth-order valence-electron chi connectivity index (χ4n) is 8.86. The Bertz CT molecular complexity index is 1480. The normalized spacial score (nSPS) is 12.7. The fraction of sp³-hybridized carbons (Fsp3) is 0.725. The van der Waals surface area contributed by atoms with Crippen molar-refractivity contribution in [3.8, 4) is 0 Å². The maximum absolute atomic E-state index is 12.9. The van der Waals surface area contributed by atoms with Crippen molar-refractivity contribution in [2.45, 2.75) is 309 Å². The zero-order chi connectivity index (χ0) is 54.3. The average molecular weight is 1040 g/mol. The van der Waals surface area contributed by atoms with Gasteiger partial charge in [-0.1, -0.05) is 266 Å². The first kappa shape index (κ1) is 71.3. The molecule has 0 aromatic rings. The number of hydrogen-bond acceptors (Lipinski definition) is 6. The molecule has 1 atom stereocenters. The monoisotopic (exact) mass is 1040 g/mol. The standard InChI is InChI=1S/C69H118O6/c1-4-7-10-13-16-19-22-25-28-29-30-31-32-33-34-35-36-37-38-39-42-44-47-50-53-56-59-62-68(71)74-65-66(75-69(72)63-60-57-54-51-48-45-41-27-24-21-18-15-12-9-6-3)64-73-67(70)61-58-55-52-49-46-43-40-26-23-20-17-14-11-8-5-2/h8-9,11-12,17-18,20-22,25-27,29-30,40-41,66H,4-7,10,13-16,19,23-24,28,31-39,42-65H2,1-3H3/b11-8-,12-9-,20-17-,21-18-,25-22-,30-29-,40-26-,41-27-. The molecule has 1 unspecified atom stereocenters. The lowest BCUT2D eigenvalue weighted by Gasteiger charge is -2.18. The first-order valence-electron chi connectivity index (χ1n) is 31.7. The summed E-state index contributed by atoms with van der Waals surface area (Å²) in [5.74, 6) is -0.917. The van der Waals surface area contributed by atoms with Gasteiger partial charge in [0.05, 0.1) is 0 Å². The van der Waals surface area contributed by atoms with Crippen LogP contribution < -0.4 is 0 Å². The Hall–Kier alpha value is -3.67. The Morgan fingerprint density at radius 1 is 0.280 bits per heavy atom. The molecule has 75 heavy (non-hydrogen) atoms. The molecular weight excluding hydrogens is 925 g/mol. The minimum atomic E-state index is -0.795. The van der Waals surface area contributed by atoms with Crippen molar-refractivity contribution in [3.05, 3.63) is 97.2 Å². The lowest BCUT2D eigenvalue weighted by molar-refractivity contribution is -0.167. The van der Waals surface area contributed by atoms with Gasteiger partial charge in [0.15, 0.2) is 6.10 Å². The van der Waals surface area contributed by atoms with E-state index >= 15 is 0 Å². The van der Waals surface area contributed by atoms with E-state index in [4.69, 9.17) is 14.2 Å². The van der Waals surface area contributed by atoms with Crippen molar-refractivity contribution < 1.29 is 28.6 Å². The van der Waals surface area contributed by atoms with Crippen molar-refractivity contribution in [2.24, 2.45) is 0 Å². The number of ether oxygens (including phenoxy) is 3. The highest BCUT2D eigenvalue weighted by molar-refractivity contribution is 5.71. The van der Waals surface area contributed by atoms with Crippen molar-refractivity contribution in [2.75, 3.05) is 13.2 Å². The third-order valence-electron chi connectivity index (χ3n) is 13.6. The highest BCUT2D eigenvalue weighted by Gasteiger charge is 2.19. The number of allylic oxidation sites excluding steroid dienone is 16. The maximum atomic E-state index is 12.9. The van der Waals surface area contributed by atoms with Gasteiger partial charge in [0.25, 0.3) is 0 Å². The van der Waals surface area contributed by atoms with Crippen molar-refractivity contribution in [1.29, 1.82) is 0 Å². The van der Waals surface area contributed by atoms with E-state index in [2.05, 4.69) is 118 Å². The van der Waals surface area contributed by atoms with E-state index in [0.29, 0.717) is 19.3 Å². The minimum Gasteiger partial charge on any atom is -0.462 e. The summed E-state index contributed by atoms with van der Waals surface area (Å²) in [4.78, 5) is 38.3. The molecule has 0 radical (unpaired) electrons. The van der Waals surface area contributed by atoms with Gasteiger partial charge in [-0.15, -0.1) is 0 Å². The number of carbonyl (C=O) groups excluding carboxylic acids is 3. The summed E-state index contributed by atoms with van der Waals surface area (Å²) in [6.45, 7) is 6.40. The smallest absolute Gasteiger partial charge is 0.306 e. The molecule has 6 nitrogen and oxygen atoms in total. The number of esters is 3. The number of rotatable bonds is 57. The summed E-state index contributed by atoms with van der Waals surface area (Å²) in [6.07, 6.45) is 84.2. The summed E-state index contributed by atoms with van der Waals surface area (Å²) in [7, 11) is 0. The summed E-state index contributed by atoms with van der Waals surface area (Å²) in [5.41, 5.74) is 0. The van der Waals surface area contributed by atoms with Crippen LogP contribution >= 0.6 is 0 Å². The van der Waals surface area contributed by atoms with Gasteiger partial charge < -0.3 is 14.2 Å². The summed E-state index contributed by atoms with van der Waals surface area (Å²) in [5, 5.41) is 0.